The summed E-state index contributed by atoms with van der Waals surface area (Å²) in [4.78, 5) is 3.70. The highest BCUT2D eigenvalue weighted by Crippen LogP contribution is 2.31. The van der Waals surface area contributed by atoms with Crippen molar-refractivity contribution in [1.29, 1.82) is 0 Å². The van der Waals surface area contributed by atoms with E-state index in [0.29, 0.717) is 12.6 Å². The van der Waals surface area contributed by atoms with Gasteiger partial charge in [-0.05, 0) is 38.4 Å². The van der Waals surface area contributed by atoms with Gasteiger partial charge in [-0.15, -0.1) is 11.3 Å². The van der Waals surface area contributed by atoms with Crippen molar-refractivity contribution in [1.82, 2.24) is 4.90 Å². The number of nitrogens with zero attached hydrogens (tertiary/aromatic N) is 1. The van der Waals surface area contributed by atoms with E-state index in [2.05, 4.69) is 17.9 Å². The van der Waals surface area contributed by atoms with Crippen molar-refractivity contribution in [2.45, 2.75) is 31.9 Å². The molecular weight excluding hydrogens is 268 g/mol. The van der Waals surface area contributed by atoms with Crippen LogP contribution in [0.2, 0.25) is 4.34 Å². The number of nitrogens with two attached hydrogens (primary N) is 1. The first kappa shape index (κ1) is 14.3. The topological polar surface area (TPSA) is 38.5 Å². The van der Waals surface area contributed by atoms with E-state index in [1.165, 1.54) is 11.3 Å². The van der Waals surface area contributed by atoms with Crippen LogP contribution in [0.15, 0.2) is 12.1 Å². The Morgan fingerprint density at radius 1 is 1.61 bits per heavy atom. The first-order valence-electron chi connectivity index (χ1n) is 6.55. The summed E-state index contributed by atoms with van der Waals surface area (Å²) in [5.74, 6) is 0. The first-order valence-corrected chi connectivity index (χ1v) is 7.75. The molecule has 0 aliphatic carbocycles. The molecule has 2 heterocycles. The van der Waals surface area contributed by atoms with E-state index in [1.54, 1.807) is 11.3 Å². The Morgan fingerprint density at radius 2 is 2.44 bits per heavy atom. The minimum absolute atomic E-state index is 0.283. The highest BCUT2D eigenvalue weighted by Gasteiger charge is 2.27. The van der Waals surface area contributed by atoms with Crippen LogP contribution in [0.25, 0.3) is 0 Å². The molecule has 1 aliphatic rings. The lowest BCUT2D eigenvalue weighted by Crippen LogP contribution is -2.43. The molecule has 102 valence electrons. The van der Waals surface area contributed by atoms with Crippen molar-refractivity contribution in [2.75, 3.05) is 26.2 Å². The third kappa shape index (κ3) is 3.45. The van der Waals surface area contributed by atoms with Crippen LogP contribution in [0.4, 0.5) is 0 Å². The van der Waals surface area contributed by atoms with Gasteiger partial charge in [-0.1, -0.05) is 11.6 Å². The number of likely N-dealkylation sites (tertiary alicyclic amines) is 1. The molecule has 1 aromatic rings. The van der Waals surface area contributed by atoms with Gasteiger partial charge in [0.05, 0.1) is 16.5 Å². The zero-order chi connectivity index (χ0) is 13.0. The van der Waals surface area contributed by atoms with Gasteiger partial charge in [0.2, 0.25) is 0 Å². The quantitative estimate of drug-likeness (QED) is 0.905. The molecule has 0 spiro atoms. The van der Waals surface area contributed by atoms with Gasteiger partial charge in [-0.2, -0.15) is 0 Å². The average Bonchev–Trinajstić information content (AvgIpc) is 2.78. The third-order valence-corrected chi connectivity index (χ3v) is 4.73. The molecule has 18 heavy (non-hydrogen) atoms. The van der Waals surface area contributed by atoms with Gasteiger partial charge < -0.3 is 10.5 Å². The molecule has 2 unspecified atom stereocenters. The van der Waals surface area contributed by atoms with E-state index in [0.717, 1.165) is 30.5 Å². The van der Waals surface area contributed by atoms with E-state index in [-0.39, 0.29) is 6.04 Å². The second-order valence-electron chi connectivity index (χ2n) is 4.61. The minimum Gasteiger partial charge on any atom is -0.377 e. The Hall–Kier alpha value is -0.130. The maximum Gasteiger partial charge on any atom is 0.0931 e. The fourth-order valence-corrected chi connectivity index (χ4v) is 3.78. The summed E-state index contributed by atoms with van der Waals surface area (Å²) in [6.07, 6.45) is 2.70. The van der Waals surface area contributed by atoms with E-state index in [1.807, 2.05) is 6.07 Å². The predicted molar refractivity (Wildman–Crippen MR) is 77.3 cm³/mol. The number of hydrogen-bond donors (Lipinski definition) is 1. The second kappa shape index (κ2) is 6.87. The molecule has 0 aromatic carbocycles. The summed E-state index contributed by atoms with van der Waals surface area (Å²) >= 11 is 7.64. The number of piperidine rings is 1. The smallest absolute Gasteiger partial charge is 0.0931 e. The Bertz CT molecular complexity index is 370. The van der Waals surface area contributed by atoms with Crippen LogP contribution in [0.5, 0.6) is 0 Å². The Labute approximate surface area is 118 Å². The van der Waals surface area contributed by atoms with Gasteiger partial charge in [-0.25, -0.2) is 0 Å². The molecule has 1 aromatic heterocycles. The van der Waals surface area contributed by atoms with Crippen LogP contribution in [0.1, 0.15) is 30.7 Å². The minimum atomic E-state index is 0.283. The lowest BCUT2D eigenvalue weighted by atomic mass is 10.0. The van der Waals surface area contributed by atoms with Gasteiger partial charge in [0.15, 0.2) is 0 Å². The summed E-state index contributed by atoms with van der Waals surface area (Å²) in [5.41, 5.74) is 5.95. The number of halogens is 1. The number of ether oxygens (including phenoxy) is 1. The molecule has 0 radical (unpaired) electrons. The molecule has 0 saturated carbocycles. The van der Waals surface area contributed by atoms with E-state index < -0.39 is 0 Å². The van der Waals surface area contributed by atoms with Gasteiger partial charge in [0.25, 0.3) is 0 Å². The van der Waals surface area contributed by atoms with Crippen molar-refractivity contribution < 1.29 is 4.74 Å². The monoisotopic (exact) mass is 288 g/mol. The highest BCUT2D eigenvalue weighted by molar-refractivity contribution is 7.16. The Kier molecular flexibility index (Phi) is 5.45. The average molecular weight is 289 g/mol. The maximum atomic E-state index is 6.01. The van der Waals surface area contributed by atoms with Crippen molar-refractivity contribution in [3.05, 3.63) is 21.3 Å². The molecule has 2 N–H and O–H groups in total. The number of hydrogen-bond acceptors (Lipinski definition) is 4. The lowest BCUT2D eigenvalue weighted by Gasteiger charge is -2.37. The van der Waals surface area contributed by atoms with E-state index >= 15 is 0 Å². The molecule has 1 fully saturated rings. The second-order valence-corrected chi connectivity index (χ2v) is 6.35. The molecule has 2 atom stereocenters. The van der Waals surface area contributed by atoms with Gasteiger partial charge in [0.1, 0.15) is 0 Å². The number of rotatable bonds is 5. The van der Waals surface area contributed by atoms with Crippen molar-refractivity contribution in [2.24, 2.45) is 5.73 Å². The number of thiophene rings is 1. The first-order chi connectivity index (χ1) is 8.74. The zero-order valence-electron chi connectivity index (χ0n) is 10.8. The SMILES string of the molecule is CCOC1CCCN(C(CN)c2ccc(Cl)s2)C1. The molecule has 0 bridgehead atoms. The van der Waals surface area contributed by atoms with Gasteiger partial charge in [-0.3, -0.25) is 4.90 Å². The summed E-state index contributed by atoms with van der Waals surface area (Å²) < 4.78 is 6.58. The lowest BCUT2D eigenvalue weighted by molar-refractivity contribution is -0.00615. The standard InChI is InChI=1S/C13H21ClN2OS/c1-2-17-10-4-3-7-16(9-10)11(8-15)12-5-6-13(14)18-12/h5-6,10-11H,2-4,7-9,15H2,1H3. The molecule has 1 saturated heterocycles. The van der Waals surface area contributed by atoms with Crippen LogP contribution in [-0.4, -0.2) is 37.2 Å². The van der Waals surface area contributed by atoms with Crippen molar-refractivity contribution in [3.8, 4) is 0 Å². The summed E-state index contributed by atoms with van der Waals surface area (Å²) in [6.45, 7) is 5.55. The maximum absolute atomic E-state index is 6.01. The summed E-state index contributed by atoms with van der Waals surface area (Å²) in [7, 11) is 0. The summed E-state index contributed by atoms with van der Waals surface area (Å²) in [6, 6.07) is 4.33. The van der Waals surface area contributed by atoms with Crippen molar-refractivity contribution >= 4 is 22.9 Å². The van der Waals surface area contributed by atoms with Crippen LogP contribution in [0.3, 0.4) is 0 Å². The van der Waals surface area contributed by atoms with Gasteiger partial charge >= 0.3 is 0 Å². The third-order valence-electron chi connectivity index (χ3n) is 3.40. The van der Waals surface area contributed by atoms with E-state index in [9.17, 15) is 0 Å². The Morgan fingerprint density at radius 3 is 3.06 bits per heavy atom. The Balaban J connectivity index is 2.03. The predicted octanol–water partition coefficient (Wildman–Crippen LogP) is 2.90. The fraction of sp³-hybridized carbons (Fsp3) is 0.692. The normalized spacial score (nSPS) is 23.2. The molecule has 1 aliphatic heterocycles. The van der Waals surface area contributed by atoms with Crippen LogP contribution >= 0.6 is 22.9 Å². The zero-order valence-corrected chi connectivity index (χ0v) is 12.3. The molecule has 5 heteroatoms. The fourth-order valence-electron chi connectivity index (χ4n) is 2.57. The molecule has 3 nitrogen and oxygen atoms in total. The molecule has 0 amide bonds. The van der Waals surface area contributed by atoms with Crippen LogP contribution < -0.4 is 5.73 Å². The summed E-state index contributed by atoms with van der Waals surface area (Å²) in [5, 5.41) is 0. The largest absolute Gasteiger partial charge is 0.377 e. The van der Waals surface area contributed by atoms with Crippen LogP contribution in [0, 0.1) is 0 Å². The molecular formula is C13H21ClN2OS. The van der Waals surface area contributed by atoms with E-state index in [4.69, 9.17) is 22.1 Å². The van der Waals surface area contributed by atoms with Crippen LogP contribution in [-0.2, 0) is 4.74 Å². The van der Waals surface area contributed by atoms with Crippen molar-refractivity contribution in [3.63, 3.8) is 0 Å². The molecule has 2 rings (SSSR count). The van der Waals surface area contributed by atoms with Gasteiger partial charge in [0, 0.05) is 24.6 Å². The highest BCUT2D eigenvalue weighted by atomic mass is 35.5.